The lowest BCUT2D eigenvalue weighted by Crippen LogP contribution is -2.63. The summed E-state index contributed by atoms with van der Waals surface area (Å²) in [5, 5.41) is 5.42. The number of unbranched alkanes of at least 4 members (excludes halogenated alkanes) is 1. The van der Waals surface area contributed by atoms with E-state index in [1.165, 1.54) is 0 Å². The number of ether oxygens (including phenoxy) is 1. The van der Waals surface area contributed by atoms with Gasteiger partial charge in [0.1, 0.15) is 12.1 Å². The Bertz CT molecular complexity index is 437. The van der Waals surface area contributed by atoms with Crippen LogP contribution in [0.4, 0.5) is 0 Å². The second-order valence-corrected chi connectivity index (χ2v) is 6.93. The zero-order valence-corrected chi connectivity index (χ0v) is 15.4. The van der Waals surface area contributed by atoms with Gasteiger partial charge in [0.2, 0.25) is 11.8 Å². The summed E-state index contributed by atoms with van der Waals surface area (Å²) in [4.78, 5) is 35.8. The van der Waals surface area contributed by atoms with E-state index in [1.807, 2.05) is 13.8 Å². The Morgan fingerprint density at radius 2 is 1.88 bits per heavy atom. The Morgan fingerprint density at radius 3 is 2.46 bits per heavy atom. The lowest BCUT2D eigenvalue weighted by Gasteiger charge is -2.31. The highest BCUT2D eigenvalue weighted by atomic mass is 16.5. The van der Waals surface area contributed by atoms with E-state index >= 15 is 0 Å². The molecule has 0 bridgehead atoms. The van der Waals surface area contributed by atoms with Crippen LogP contribution in [0.25, 0.3) is 0 Å². The number of piperazine rings is 1. The van der Waals surface area contributed by atoms with Crippen molar-refractivity contribution < 1.29 is 19.1 Å². The van der Waals surface area contributed by atoms with E-state index < -0.39 is 12.1 Å². The number of hydrogen-bond acceptors (Lipinski definition) is 4. The summed E-state index contributed by atoms with van der Waals surface area (Å²) < 4.78 is 5.32. The SMILES string of the molecule is CCCCC(CC)COC(=O)CCC1NC(=O)C(C(C)C)NC1=O. The fraction of sp³-hybridized carbons (Fsp3) is 0.833. The number of rotatable bonds is 10. The molecule has 1 aliphatic heterocycles. The van der Waals surface area contributed by atoms with Crippen molar-refractivity contribution in [2.75, 3.05) is 6.61 Å². The Balaban J connectivity index is 2.34. The van der Waals surface area contributed by atoms with E-state index in [9.17, 15) is 14.4 Å². The third kappa shape index (κ3) is 6.49. The van der Waals surface area contributed by atoms with Crippen molar-refractivity contribution in [2.45, 2.75) is 78.3 Å². The van der Waals surface area contributed by atoms with Gasteiger partial charge in [-0.05, 0) is 24.7 Å². The largest absolute Gasteiger partial charge is 0.465 e. The molecule has 1 heterocycles. The predicted molar refractivity (Wildman–Crippen MR) is 92.2 cm³/mol. The molecule has 3 unspecified atom stereocenters. The minimum absolute atomic E-state index is 0.0361. The normalized spacial score (nSPS) is 22.0. The van der Waals surface area contributed by atoms with Gasteiger partial charge in [-0.25, -0.2) is 0 Å². The lowest BCUT2D eigenvalue weighted by molar-refractivity contribution is -0.146. The van der Waals surface area contributed by atoms with Gasteiger partial charge in [0.05, 0.1) is 6.61 Å². The van der Waals surface area contributed by atoms with E-state index in [4.69, 9.17) is 4.74 Å². The molecular formula is C18H32N2O4. The third-order valence-electron chi connectivity index (χ3n) is 4.54. The van der Waals surface area contributed by atoms with Gasteiger partial charge in [-0.3, -0.25) is 14.4 Å². The van der Waals surface area contributed by atoms with Crippen LogP contribution in [0.15, 0.2) is 0 Å². The van der Waals surface area contributed by atoms with Gasteiger partial charge in [0.25, 0.3) is 0 Å². The molecule has 1 saturated heterocycles. The predicted octanol–water partition coefficient (Wildman–Crippen LogP) is 2.17. The minimum atomic E-state index is -0.651. The molecule has 0 aromatic rings. The van der Waals surface area contributed by atoms with Crippen LogP contribution in [0.3, 0.4) is 0 Å². The summed E-state index contributed by atoms with van der Waals surface area (Å²) in [7, 11) is 0. The third-order valence-corrected chi connectivity index (χ3v) is 4.54. The maximum absolute atomic E-state index is 12.0. The minimum Gasteiger partial charge on any atom is -0.465 e. The fourth-order valence-corrected chi connectivity index (χ4v) is 2.76. The van der Waals surface area contributed by atoms with Gasteiger partial charge in [-0.2, -0.15) is 0 Å². The Labute approximate surface area is 145 Å². The highest BCUT2D eigenvalue weighted by molar-refractivity contribution is 5.97. The molecule has 0 saturated carbocycles. The number of amides is 2. The molecule has 1 aliphatic rings. The van der Waals surface area contributed by atoms with E-state index in [-0.39, 0.29) is 36.5 Å². The molecule has 0 radical (unpaired) electrons. The van der Waals surface area contributed by atoms with Gasteiger partial charge in [0.15, 0.2) is 0 Å². The van der Waals surface area contributed by atoms with Crippen LogP contribution in [0.2, 0.25) is 0 Å². The first-order valence-corrected chi connectivity index (χ1v) is 9.15. The zero-order valence-electron chi connectivity index (χ0n) is 15.4. The summed E-state index contributed by atoms with van der Waals surface area (Å²) in [6.45, 7) is 8.44. The van der Waals surface area contributed by atoms with Crippen molar-refractivity contribution in [3.63, 3.8) is 0 Å². The number of hydrogen-bond donors (Lipinski definition) is 2. The molecule has 0 aromatic heterocycles. The topological polar surface area (TPSA) is 84.5 Å². The standard InChI is InChI=1S/C18H32N2O4/c1-5-7-8-13(6-2)11-24-15(21)10-9-14-17(22)20-16(12(3)4)18(23)19-14/h12-14,16H,5-11H2,1-4H3,(H,19,23)(H,20,22). The van der Waals surface area contributed by atoms with Gasteiger partial charge >= 0.3 is 5.97 Å². The molecule has 6 nitrogen and oxygen atoms in total. The van der Waals surface area contributed by atoms with Crippen LogP contribution in [0, 0.1) is 11.8 Å². The Hall–Kier alpha value is -1.59. The molecule has 1 rings (SSSR count). The molecule has 0 spiro atoms. The Kier molecular flexibility index (Phi) is 8.79. The van der Waals surface area contributed by atoms with Gasteiger partial charge in [-0.15, -0.1) is 0 Å². The molecule has 3 atom stereocenters. The van der Waals surface area contributed by atoms with Gasteiger partial charge in [0, 0.05) is 6.42 Å². The van der Waals surface area contributed by atoms with Crippen LogP contribution in [0.5, 0.6) is 0 Å². The molecular weight excluding hydrogens is 308 g/mol. The highest BCUT2D eigenvalue weighted by Crippen LogP contribution is 2.14. The zero-order chi connectivity index (χ0) is 18.1. The Morgan fingerprint density at radius 1 is 1.17 bits per heavy atom. The number of carbonyl (C=O) groups excluding carboxylic acids is 3. The van der Waals surface area contributed by atoms with Crippen molar-refractivity contribution in [1.82, 2.24) is 10.6 Å². The van der Waals surface area contributed by atoms with E-state index in [0.29, 0.717) is 12.5 Å². The monoisotopic (exact) mass is 340 g/mol. The first-order valence-electron chi connectivity index (χ1n) is 9.15. The summed E-state index contributed by atoms with van der Waals surface area (Å²) in [6, 6.07) is -1.15. The van der Waals surface area contributed by atoms with Crippen LogP contribution >= 0.6 is 0 Å². The summed E-state index contributed by atoms with van der Waals surface area (Å²) in [5.74, 6) is -0.283. The number of carbonyl (C=O) groups is 3. The van der Waals surface area contributed by atoms with Crippen molar-refractivity contribution in [1.29, 1.82) is 0 Å². The molecule has 2 amide bonds. The smallest absolute Gasteiger partial charge is 0.305 e. The lowest BCUT2D eigenvalue weighted by atomic mass is 9.98. The van der Waals surface area contributed by atoms with Crippen molar-refractivity contribution >= 4 is 17.8 Å². The second-order valence-electron chi connectivity index (χ2n) is 6.93. The van der Waals surface area contributed by atoms with E-state index in [2.05, 4.69) is 24.5 Å². The summed E-state index contributed by atoms with van der Waals surface area (Å²) >= 11 is 0. The molecule has 1 fully saturated rings. The number of esters is 1. The summed E-state index contributed by atoms with van der Waals surface area (Å²) in [5.41, 5.74) is 0. The first kappa shape index (κ1) is 20.5. The van der Waals surface area contributed by atoms with Crippen LogP contribution in [-0.2, 0) is 19.1 Å². The van der Waals surface area contributed by atoms with Crippen LogP contribution in [0.1, 0.15) is 66.2 Å². The van der Waals surface area contributed by atoms with E-state index in [1.54, 1.807) is 0 Å². The van der Waals surface area contributed by atoms with Crippen molar-refractivity contribution in [2.24, 2.45) is 11.8 Å². The van der Waals surface area contributed by atoms with Gasteiger partial charge < -0.3 is 15.4 Å². The second kappa shape index (κ2) is 10.3. The molecule has 6 heteroatoms. The van der Waals surface area contributed by atoms with E-state index in [0.717, 1.165) is 25.7 Å². The molecule has 0 aromatic carbocycles. The number of nitrogens with one attached hydrogen (secondary N) is 2. The highest BCUT2D eigenvalue weighted by Gasteiger charge is 2.35. The molecule has 2 N–H and O–H groups in total. The van der Waals surface area contributed by atoms with Crippen LogP contribution < -0.4 is 10.6 Å². The fourth-order valence-electron chi connectivity index (χ4n) is 2.76. The maximum Gasteiger partial charge on any atom is 0.305 e. The molecule has 24 heavy (non-hydrogen) atoms. The summed E-state index contributed by atoms with van der Waals surface area (Å²) in [6.07, 6.45) is 4.74. The first-order chi connectivity index (χ1) is 11.4. The van der Waals surface area contributed by atoms with Crippen molar-refractivity contribution in [3.05, 3.63) is 0 Å². The average molecular weight is 340 g/mol. The van der Waals surface area contributed by atoms with Gasteiger partial charge in [-0.1, -0.05) is 47.0 Å². The quantitative estimate of drug-likeness (QED) is 0.597. The maximum atomic E-state index is 12.0. The molecule has 138 valence electrons. The average Bonchev–Trinajstić information content (AvgIpc) is 2.55. The van der Waals surface area contributed by atoms with Crippen LogP contribution in [-0.4, -0.2) is 36.5 Å². The molecule has 0 aliphatic carbocycles. The van der Waals surface area contributed by atoms with Crippen molar-refractivity contribution in [3.8, 4) is 0 Å².